The second-order valence-corrected chi connectivity index (χ2v) is 15.0. The molecule has 1 aliphatic heterocycles. The van der Waals surface area contributed by atoms with Crippen molar-refractivity contribution in [3.05, 3.63) is 95.8 Å². The van der Waals surface area contributed by atoms with Crippen molar-refractivity contribution in [1.29, 1.82) is 0 Å². The van der Waals surface area contributed by atoms with Crippen LogP contribution in [0.25, 0.3) is 11.1 Å². The second kappa shape index (κ2) is 20.9. The monoisotopic (exact) mass is 767 g/mol. The number of carbonyl (C=O) groups is 4. The number of carbonyl (C=O) groups excluding carboxylic acids is 4. The number of imide groups is 1. The molecule has 0 saturated carbocycles. The zero-order valence-corrected chi connectivity index (χ0v) is 32.0. The van der Waals surface area contributed by atoms with Crippen molar-refractivity contribution >= 4 is 35.4 Å². The van der Waals surface area contributed by atoms with Crippen molar-refractivity contribution in [2.75, 3.05) is 64.1 Å². The van der Waals surface area contributed by atoms with Crippen LogP contribution in [0, 0.1) is 17.0 Å². The first-order valence-corrected chi connectivity index (χ1v) is 19.3. The van der Waals surface area contributed by atoms with Gasteiger partial charge in [0, 0.05) is 67.0 Å². The molecule has 0 aliphatic carbocycles. The fourth-order valence-electron chi connectivity index (χ4n) is 6.16. The smallest absolute Gasteiger partial charge is 0.253 e. The third-order valence-corrected chi connectivity index (χ3v) is 9.64. The van der Waals surface area contributed by atoms with E-state index < -0.39 is 23.1 Å². The van der Waals surface area contributed by atoms with Crippen molar-refractivity contribution in [2.45, 2.75) is 46.2 Å². The van der Waals surface area contributed by atoms with Gasteiger partial charge >= 0.3 is 0 Å². The lowest BCUT2D eigenvalue weighted by atomic mass is 9.83. The van der Waals surface area contributed by atoms with Gasteiger partial charge in [0.1, 0.15) is 11.6 Å². The molecule has 1 atom stereocenters. The van der Waals surface area contributed by atoms with Gasteiger partial charge in [0.15, 0.2) is 0 Å². The number of nitrogens with one attached hydrogen (secondary N) is 1. The van der Waals surface area contributed by atoms with Gasteiger partial charge in [0.25, 0.3) is 11.8 Å². The minimum Gasteiger partial charge on any atom is -0.377 e. The summed E-state index contributed by atoms with van der Waals surface area (Å²) in [6, 6.07) is 14.6. The standard InChI is InChI=1S/C40H51F2N5O6S/c1-40(2,3)39(34-24-30(32-25-31(41)10-11-33(32)42)27-45(34)26-29-8-5-4-6-9-29)47(17-7-15-43)38(51)28-54-23-14-35(48)44-16-19-52-21-22-53-20-18-46-36(49)12-13-37(46)50/h4-6,8-13,24-25,27,39H,7,14-23,26,28,43H2,1-3H3,(H,44,48)/t39-/m0/s1. The van der Waals surface area contributed by atoms with Crippen LogP contribution in [-0.4, -0.2) is 102 Å². The highest BCUT2D eigenvalue weighted by atomic mass is 32.2. The van der Waals surface area contributed by atoms with Crippen LogP contribution in [0.2, 0.25) is 0 Å². The van der Waals surface area contributed by atoms with E-state index in [0.717, 1.165) is 28.3 Å². The zero-order chi connectivity index (χ0) is 39.1. The lowest BCUT2D eigenvalue weighted by Crippen LogP contribution is -2.44. The third kappa shape index (κ3) is 12.6. The van der Waals surface area contributed by atoms with E-state index in [0.29, 0.717) is 50.5 Å². The van der Waals surface area contributed by atoms with Crippen molar-refractivity contribution in [1.82, 2.24) is 19.7 Å². The zero-order valence-electron chi connectivity index (χ0n) is 31.2. The van der Waals surface area contributed by atoms with Crippen molar-refractivity contribution in [2.24, 2.45) is 11.1 Å². The van der Waals surface area contributed by atoms with Crippen molar-refractivity contribution in [3.63, 3.8) is 0 Å². The molecule has 3 aromatic rings. The first-order chi connectivity index (χ1) is 25.9. The fourth-order valence-corrected chi connectivity index (χ4v) is 6.97. The Hall–Kier alpha value is -4.37. The predicted molar refractivity (Wildman–Crippen MR) is 205 cm³/mol. The number of hydrogen-bond donors (Lipinski definition) is 2. The van der Waals surface area contributed by atoms with Crippen LogP contribution in [0.4, 0.5) is 8.78 Å². The van der Waals surface area contributed by atoms with E-state index in [1.54, 1.807) is 0 Å². The highest BCUT2D eigenvalue weighted by molar-refractivity contribution is 7.99. The molecule has 0 fully saturated rings. The summed E-state index contributed by atoms with van der Waals surface area (Å²) in [5.41, 5.74) is 7.94. The van der Waals surface area contributed by atoms with E-state index >= 15 is 4.39 Å². The summed E-state index contributed by atoms with van der Waals surface area (Å²) in [7, 11) is 0. The summed E-state index contributed by atoms with van der Waals surface area (Å²) in [6.07, 6.45) is 5.07. The fraction of sp³-hybridized carbons (Fsp3) is 0.450. The van der Waals surface area contributed by atoms with Gasteiger partial charge in [0.05, 0.1) is 44.8 Å². The maximum Gasteiger partial charge on any atom is 0.253 e. The maximum atomic E-state index is 15.0. The van der Waals surface area contributed by atoms with Crippen LogP contribution in [0.3, 0.4) is 0 Å². The van der Waals surface area contributed by atoms with E-state index in [2.05, 4.69) is 26.1 Å². The van der Waals surface area contributed by atoms with E-state index in [4.69, 9.17) is 15.2 Å². The Labute approximate surface area is 320 Å². The van der Waals surface area contributed by atoms with Gasteiger partial charge in [-0.1, -0.05) is 51.1 Å². The Balaban J connectivity index is 1.32. The molecule has 2 aromatic carbocycles. The summed E-state index contributed by atoms with van der Waals surface area (Å²) >= 11 is 1.37. The molecular formula is C40H51F2N5O6S. The Kier molecular flexibility index (Phi) is 16.4. The molecule has 2 heterocycles. The molecule has 4 rings (SSSR count). The van der Waals surface area contributed by atoms with Gasteiger partial charge in [0.2, 0.25) is 11.8 Å². The number of thioether (sulfide) groups is 1. The summed E-state index contributed by atoms with van der Waals surface area (Å²) < 4.78 is 42.2. The molecule has 0 unspecified atom stereocenters. The van der Waals surface area contributed by atoms with Crippen LogP contribution < -0.4 is 11.1 Å². The van der Waals surface area contributed by atoms with Gasteiger partial charge in [-0.25, -0.2) is 8.78 Å². The largest absolute Gasteiger partial charge is 0.377 e. The van der Waals surface area contributed by atoms with E-state index in [9.17, 15) is 23.6 Å². The number of nitrogens with two attached hydrogens (primary N) is 1. The molecule has 14 heteroatoms. The number of nitrogens with zero attached hydrogens (tertiary/aromatic N) is 3. The molecule has 292 valence electrons. The van der Waals surface area contributed by atoms with Crippen LogP contribution in [0.1, 0.15) is 50.9 Å². The van der Waals surface area contributed by atoms with Gasteiger partial charge in [-0.2, -0.15) is 11.8 Å². The van der Waals surface area contributed by atoms with Crippen LogP contribution in [0.15, 0.2) is 72.9 Å². The number of benzene rings is 2. The molecule has 0 bridgehead atoms. The van der Waals surface area contributed by atoms with Crippen LogP contribution in [-0.2, 0) is 35.2 Å². The highest BCUT2D eigenvalue weighted by Crippen LogP contribution is 2.41. The average molecular weight is 768 g/mol. The number of halogens is 2. The molecule has 1 aromatic heterocycles. The Morgan fingerprint density at radius 1 is 0.963 bits per heavy atom. The predicted octanol–water partition coefficient (Wildman–Crippen LogP) is 4.94. The van der Waals surface area contributed by atoms with Gasteiger partial charge in [-0.3, -0.25) is 24.1 Å². The highest BCUT2D eigenvalue weighted by Gasteiger charge is 2.37. The SMILES string of the molecule is CC(C)(C)[C@H](c1cc(-c2cc(F)ccc2F)cn1Cc1ccccc1)N(CCCN)C(=O)CSCCC(=O)NCCOCCOCCN1C(=O)C=CC1=O. The minimum atomic E-state index is -0.542. The Bertz CT molecular complexity index is 1730. The third-order valence-electron chi connectivity index (χ3n) is 8.70. The van der Waals surface area contributed by atoms with Crippen LogP contribution >= 0.6 is 11.8 Å². The number of hydrogen-bond acceptors (Lipinski definition) is 8. The maximum absolute atomic E-state index is 15.0. The Morgan fingerprint density at radius 2 is 1.67 bits per heavy atom. The number of ether oxygens (including phenoxy) is 2. The molecule has 3 N–H and O–H groups in total. The lowest BCUT2D eigenvalue weighted by Gasteiger charge is -2.41. The minimum absolute atomic E-state index is 0.106. The van der Waals surface area contributed by atoms with E-state index in [-0.39, 0.29) is 67.7 Å². The number of amides is 4. The number of rotatable bonds is 22. The topological polar surface area (TPSA) is 136 Å². The molecule has 4 amide bonds. The summed E-state index contributed by atoms with van der Waals surface area (Å²) in [6.45, 7) is 8.98. The van der Waals surface area contributed by atoms with E-state index in [1.807, 2.05) is 52.1 Å². The quantitative estimate of drug-likeness (QED) is 0.108. The molecule has 54 heavy (non-hydrogen) atoms. The van der Waals surface area contributed by atoms with Crippen LogP contribution in [0.5, 0.6) is 0 Å². The first kappa shape index (κ1) is 42.4. The molecule has 0 radical (unpaired) electrons. The Morgan fingerprint density at radius 3 is 2.35 bits per heavy atom. The molecule has 11 nitrogen and oxygen atoms in total. The second-order valence-electron chi connectivity index (χ2n) is 13.9. The van der Waals surface area contributed by atoms with Gasteiger partial charge in [-0.05, 0) is 48.2 Å². The van der Waals surface area contributed by atoms with Gasteiger partial charge in [-0.15, -0.1) is 0 Å². The first-order valence-electron chi connectivity index (χ1n) is 18.1. The lowest BCUT2D eigenvalue weighted by molar-refractivity contribution is -0.138. The molecular weight excluding hydrogens is 717 g/mol. The molecule has 0 spiro atoms. The number of aromatic nitrogens is 1. The summed E-state index contributed by atoms with van der Waals surface area (Å²) in [4.78, 5) is 52.5. The van der Waals surface area contributed by atoms with Gasteiger partial charge < -0.3 is 30.0 Å². The van der Waals surface area contributed by atoms with E-state index in [1.165, 1.54) is 30.0 Å². The normalized spacial score (nSPS) is 13.5. The molecule has 1 aliphatic rings. The summed E-state index contributed by atoms with van der Waals surface area (Å²) in [5, 5.41) is 2.81. The van der Waals surface area contributed by atoms with Crippen molar-refractivity contribution in [3.8, 4) is 11.1 Å². The molecule has 0 saturated heterocycles. The van der Waals surface area contributed by atoms with Crippen molar-refractivity contribution < 1.29 is 37.4 Å². The average Bonchev–Trinajstić information content (AvgIpc) is 3.69. The summed E-state index contributed by atoms with van der Waals surface area (Å²) in [5.74, 6) is -1.46.